The molecule has 1 nitrogen and oxygen atoms in total. The maximum Gasteiger partial charge on any atom is 0.212 e. The van der Waals surface area contributed by atoms with E-state index in [9.17, 15) is 0 Å². The summed E-state index contributed by atoms with van der Waals surface area (Å²) in [4.78, 5) is 0. The van der Waals surface area contributed by atoms with E-state index in [0.717, 1.165) is 11.1 Å². The van der Waals surface area contributed by atoms with Gasteiger partial charge in [0.15, 0.2) is 6.17 Å². The van der Waals surface area contributed by atoms with Crippen LogP contribution in [0, 0.1) is 6.92 Å². The van der Waals surface area contributed by atoms with E-state index in [1.54, 1.807) is 7.05 Å². The normalized spacial score (nSPS) is 14.1. The number of hydrogen-bond acceptors (Lipinski definition) is 0. The highest BCUT2D eigenvalue weighted by atomic mass is 14.9. The summed E-state index contributed by atoms with van der Waals surface area (Å²) in [6.45, 7) is 1.93. The summed E-state index contributed by atoms with van der Waals surface area (Å²) < 4.78 is 32.7. The largest absolute Gasteiger partial charge is 0.212 e. The van der Waals surface area contributed by atoms with Crippen molar-refractivity contribution in [3.63, 3.8) is 0 Å². The van der Waals surface area contributed by atoms with Crippen LogP contribution in [-0.4, -0.2) is 0 Å². The van der Waals surface area contributed by atoms with E-state index in [-0.39, 0.29) is 24.3 Å². The standard InChI is InChI=1S/C13H14N/c1-11-7-3-4-8-12(11)13-9-5-6-10-14(13)2/h3-10H,1-2H3/q+1/i5D,6D,9D,10D. The quantitative estimate of drug-likeness (QED) is 0.605. The summed E-state index contributed by atoms with van der Waals surface area (Å²) in [6, 6.07) is 7.15. The topological polar surface area (TPSA) is 3.88 Å². The summed E-state index contributed by atoms with van der Waals surface area (Å²) in [5, 5.41) is 0. The molecule has 0 saturated carbocycles. The Bertz CT molecular complexity index is 594. The van der Waals surface area contributed by atoms with Crippen molar-refractivity contribution in [1.82, 2.24) is 0 Å². The zero-order valence-electron chi connectivity index (χ0n) is 12.3. The van der Waals surface area contributed by atoms with E-state index in [1.165, 1.54) is 4.57 Å². The van der Waals surface area contributed by atoms with Crippen molar-refractivity contribution in [2.24, 2.45) is 7.05 Å². The SMILES string of the molecule is [2H]c1c([2H])c([2H])[n+](C)c(-c2ccccc2C)c1[2H]. The van der Waals surface area contributed by atoms with Gasteiger partial charge in [-0.2, -0.15) is 0 Å². The minimum absolute atomic E-state index is 0.00667. The van der Waals surface area contributed by atoms with Crippen molar-refractivity contribution in [3.8, 4) is 11.3 Å². The molecular weight excluding hydrogens is 170 g/mol. The van der Waals surface area contributed by atoms with Gasteiger partial charge in [-0.3, -0.25) is 0 Å². The Labute approximate surface area is 90.3 Å². The highest BCUT2D eigenvalue weighted by molar-refractivity contribution is 5.60. The van der Waals surface area contributed by atoms with E-state index >= 15 is 0 Å². The van der Waals surface area contributed by atoms with Gasteiger partial charge in [-0.15, -0.1) is 0 Å². The molecule has 1 aromatic carbocycles. The smallest absolute Gasteiger partial charge is 0.201 e. The molecule has 0 fully saturated rings. The molecule has 0 amide bonds. The van der Waals surface area contributed by atoms with Crippen LogP contribution in [0.15, 0.2) is 48.6 Å². The fraction of sp³-hybridized carbons (Fsp3) is 0.154. The molecule has 0 aliphatic heterocycles. The monoisotopic (exact) mass is 188 g/mol. The molecule has 1 heteroatoms. The molecule has 0 N–H and O–H groups in total. The molecule has 0 aliphatic carbocycles. The minimum atomic E-state index is -0.208. The Balaban J connectivity index is 2.85. The summed E-state index contributed by atoms with van der Waals surface area (Å²) in [7, 11) is 1.65. The van der Waals surface area contributed by atoms with Crippen LogP contribution in [0.5, 0.6) is 0 Å². The molecule has 2 rings (SSSR count). The number of hydrogen-bond donors (Lipinski definition) is 0. The van der Waals surface area contributed by atoms with Crippen molar-refractivity contribution in [2.75, 3.05) is 0 Å². The number of rotatable bonds is 1. The van der Waals surface area contributed by atoms with Crippen molar-refractivity contribution in [1.29, 1.82) is 0 Å². The Hall–Kier alpha value is -1.63. The summed E-state index contributed by atoms with van der Waals surface area (Å²) >= 11 is 0. The van der Waals surface area contributed by atoms with Gasteiger partial charge in [0.1, 0.15) is 8.42 Å². The predicted octanol–water partition coefficient (Wildman–Crippen LogP) is 2.49. The molecule has 0 unspecified atom stereocenters. The molecule has 2 aromatic rings. The van der Waals surface area contributed by atoms with E-state index in [4.69, 9.17) is 5.48 Å². The Kier molecular flexibility index (Phi) is 1.37. The average Bonchev–Trinajstić information content (AvgIpc) is 2.36. The summed E-state index contributed by atoms with van der Waals surface area (Å²) in [5.74, 6) is 0. The predicted molar refractivity (Wildman–Crippen MR) is 57.8 cm³/mol. The van der Waals surface area contributed by atoms with Crippen molar-refractivity contribution >= 4 is 0 Å². The molecule has 0 saturated heterocycles. The van der Waals surface area contributed by atoms with Gasteiger partial charge in [-0.05, 0) is 24.6 Å². The van der Waals surface area contributed by atoms with Crippen molar-refractivity contribution in [2.45, 2.75) is 6.92 Å². The lowest BCUT2D eigenvalue weighted by Crippen LogP contribution is -2.30. The van der Waals surface area contributed by atoms with Crippen LogP contribution in [0.4, 0.5) is 0 Å². The van der Waals surface area contributed by atoms with Crippen LogP contribution in [0.25, 0.3) is 11.3 Å². The number of aromatic nitrogens is 1. The third-order valence-corrected chi connectivity index (χ3v) is 2.20. The van der Waals surface area contributed by atoms with Crippen LogP contribution < -0.4 is 4.57 Å². The van der Waals surface area contributed by atoms with Crippen LogP contribution in [0.1, 0.15) is 11.0 Å². The van der Waals surface area contributed by atoms with Crippen molar-refractivity contribution in [3.05, 3.63) is 54.1 Å². The van der Waals surface area contributed by atoms with Crippen LogP contribution in [0.3, 0.4) is 0 Å². The highest BCUT2D eigenvalue weighted by Gasteiger charge is 2.09. The molecule has 1 aromatic heterocycles. The van der Waals surface area contributed by atoms with Crippen molar-refractivity contribution < 1.29 is 10.1 Å². The second-order valence-corrected chi connectivity index (χ2v) is 3.21. The van der Waals surface area contributed by atoms with Gasteiger partial charge >= 0.3 is 0 Å². The summed E-state index contributed by atoms with van der Waals surface area (Å²) in [5.41, 5.74) is 2.32. The summed E-state index contributed by atoms with van der Waals surface area (Å²) in [6.07, 6.45) is -0.0470. The lowest BCUT2D eigenvalue weighted by molar-refractivity contribution is -0.660. The second kappa shape index (κ2) is 3.62. The molecule has 0 radical (unpaired) electrons. The van der Waals surface area contributed by atoms with Gasteiger partial charge in [0.25, 0.3) is 0 Å². The van der Waals surface area contributed by atoms with Crippen LogP contribution in [-0.2, 0) is 7.05 Å². The van der Waals surface area contributed by atoms with Crippen LogP contribution >= 0.6 is 0 Å². The third kappa shape index (κ3) is 1.53. The second-order valence-electron chi connectivity index (χ2n) is 3.21. The fourth-order valence-corrected chi connectivity index (χ4v) is 1.43. The molecule has 0 atom stereocenters. The molecule has 14 heavy (non-hydrogen) atoms. The van der Waals surface area contributed by atoms with Gasteiger partial charge in [-0.25, -0.2) is 4.57 Å². The number of aryl methyl sites for hydroxylation is 1. The third-order valence-electron chi connectivity index (χ3n) is 2.20. The molecular formula is C13H14N+. The first kappa shape index (κ1) is 5.30. The molecule has 0 bridgehead atoms. The minimum Gasteiger partial charge on any atom is -0.201 e. The number of pyridine rings is 1. The van der Waals surface area contributed by atoms with Gasteiger partial charge in [0, 0.05) is 17.6 Å². The Morgan fingerprint density at radius 2 is 2.00 bits per heavy atom. The first-order valence-electron chi connectivity index (χ1n) is 6.47. The molecule has 70 valence electrons. The van der Waals surface area contributed by atoms with E-state index in [0.29, 0.717) is 5.69 Å². The van der Waals surface area contributed by atoms with E-state index in [1.807, 2.05) is 31.2 Å². The fourth-order valence-electron chi connectivity index (χ4n) is 1.43. The number of benzene rings is 1. The first-order valence-corrected chi connectivity index (χ1v) is 4.47. The molecule has 0 aliphatic rings. The highest BCUT2D eigenvalue weighted by Crippen LogP contribution is 2.18. The maximum absolute atomic E-state index is 8.00. The van der Waals surface area contributed by atoms with Gasteiger partial charge in [0.2, 0.25) is 5.69 Å². The van der Waals surface area contributed by atoms with E-state index < -0.39 is 0 Å². The Morgan fingerprint density at radius 3 is 2.79 bits per heavy atom. The van der Waals surface area contributed by atoms with Gasteiger partial charge in [-0.1, -0.05) is 18.2 Å². The van der Waals surface area contributed by atoms with Crippen LogP contribution in [0.2, 0.25) is 0 Å². The average molecular weight is 188 g/mol. The first-order chi connectivity index (χ1) is 8.45. The zero-order chi connectivity index (χ0) is 13.4. The zero-order valence-corrected chi connectivity index (χ0v) is 8.26. The molecule has 0 spiro atoms. The Morgan fingerprint density at radius 1 is 1.21 bits per heavy atom. The lowest BCUT2D eigenvalue weighted by Gasteiger charge is -2.02. The lowest BCUT2D eigenvalue weighted by atomic mass is 10.1. The van der Waals surface area contributed by atoms with Gasteiger partial charge in [0.05, 0.1) is 4.11 Å². The maximum atomic E-state index is 8.00. The molecule has 1 heterocycles. The van der Waals surface area contributed by atoms with E-state index in [2.05, 4.69) is 0 Å². The number of nitrogens with zero attached hydrogens (tertiary/aromatic N) is 1. The van der Waals surface area contributed by atoms with Gasteiger partial charge < -0.3 is 0 Å².